The third-order valence-electron chi connectivity index (χ3n) is 4.79. The molecular weight excluding hydrogens is 420 g/mol. The number of hydrogen-bond acceptors (Lipinski definition) is 6. The lowest BCUT2D eigenvalue weighted by Crippen LogP contribution is -2.49. The van der Waals surface area contributed by atoms with Crippen LogP contribution >= 0.6 is 0 Å². The number of nitrogens with zero attached hydrogens (tertiary/aromatic N) is 3. The minimum absolute atomic E-state index is 0.0857. The van der Waals surface area contributed by atoms with E-state index in [0.717, 1.165) is 22.3 Å². The van der Waals surface area contributed by atoms with Gasteiger partial charge in [-0.15, -0.1) is 0 Å². The van der Waals surface area contributed by atoms with Crippen molar-refractivity contribution in [1.82, 2.24) is 5.32 Å². The summed E-state index contributed by atoms with van der Waals surface area (Å²) in [7, 11) is -1.90. The highest BCUT2D eigenvalue weighted by Gasteiger charge is 2.32. The van der Waals surface area contributed by atoms with Crippen LogP contribution in [0.25, 0.3) is 0 Å². The van der Waals surface area contributed by atoms with E-state index in [0.29, 0.717) is 19.5 Å². The van der Waals surface area contributed by atoms with Crippen LogP contribution < -0.4 is 14.5 Å². The van der Waals surface area contributed by atoms with Crippen LogP contribution in [0, 0.1) is 10.1 Å². The van der Waals surface area contributed by atoms with Crippen molar-refractivity contribution in [3.63, 3.8) is 0 Å². The van der Waals surface area contributed by atoms with Crippen LogP contribution in [0.4, 0.5) is 17.1 Å². The van der Waals surface area contributed by atoms with E-state index in [1.165, 1.54) is 18.2 Å². The summed E-state index contributed by atoms with van der Waals surface area (Å²) in [5, 5.41) is 13.9. The Balaban J connectivity index is 2.07. The molecule has 0 heterocycles. The number of hydrogen-bond donors (Lipinski definition) is 1. The van der Waals surface area contributed by atoms with Gasteiger partial charge in [0.2, 0.25) is 15.9 Å². The van der Waals surface area contributed by atoms with E-state index in [-0.39, 0.29) is 17.8 Å². The number of non-ortho nitro benzene ring substituents is 1. The summed E-state index contributed by atoms with van der Waals surface area (Å²) in [4.78, 5) is 25.4. The highest BCUT2D eigenvalue weighted by molar-refractivity contribution is 7.92. The summed E-state index contributed by atoms with van der Waals surface area (Å²) in [6.45, 7) is 2.78. The zero-order chi connectivity index (χ0) is 23.0. The van der Waals surface area contributed by atoms with Crippen LogP contribution in [0.5, 0.6) is 0 Å². The van der Waals surface area contributed by atoms with Gasteiger partial charge in [0.1, 0.15) is 6.04 Å². The van der Waals surface area contributed by atoms with Gasteiger partial charge in [0.05, 0.1) is 16.9 Å². The van der Waals surface area contributed by atoms with E-state index in [1.54, 1.807) is 6.92 Å². The molecule has 0 saturated heterocycles. The number of benzene rings is 2. The van der Waals surface area contributed by atoms with E-state index in [9.17, 15) is 23.3 Å². The predicted octanol–water partition coefficient (Wildman–Crippen LogP) is 2.78. The third kappa shape index (κ3) is 6.68. The molecule has 2 aromatic rings. The van der Waals surface area contributed by atoms with Crippen LogP contribution in [0.2, 0.25) is 0 Å². The smallest absolute Gasteiger partial charge is 0.271 e. The van der Waals surface area contributed by atoms with Crippen molar-refractivity contribution in [3.05, 3.63) is 64.7 Å². The maximum absolute atomic E-state index is 12.8. The molecule has 31 heavy (non-hydrogen) atoms. The molecule has 0 aliphatic carbocycles. The molecule has 2 rings (SSSR count). The summed E-state index contributed by atoms with van der Waals surface area (Å²) in [6.07, 6.45) is 1.87. The van der Waals surface area contributed by atoms with Crippen LogP contribution in [-0.2, 0) is 14.8 Å². The number of nitro groups is 1. The molecule has 0 saturated carbocycles. The Morgan fingerprint density at radius 1 is 1.13 bits per heavy atom. The number of nitro benzene ring substituents is 1. The molecule has 0 aliphatic rings. The van der Waals surface area contributed by atoms with Gasteiger partial charge in [-0.05, 0) is 31.0 Å². The second kappa shape index (κ2) is 10.8. The molecule has 0 unspecified atom stereocenters. The van der Waals surface area contributed by atoms with Crippen LogP contribution in [0.15, 0.2) is 54.6 Å². The van der Waals surface area contributed by atoms with E-state index >= 15 is 0 Å². The fourth-order valence-corrected chi connectivity index (χ4v) is 4.46. The summed E-state index contributed by atoms with van der Waals surface area (Å²) in [6, 6.07) is 14.1. The molecular formula is C21H28N4O5S. The first-order valence-corrected chi connectivity index (χ1v) is 11.8. The highest BCUT2D eigenvalue weighted by atomic mass is 32.2. The van der Waals surface area contributed by atoms with E-state index in [2.05, 4.69) is 10.2 Å². The Hall–Kier alpha value is -3.14. The second-order valence-corrected chi connectivity index (χ2v) is 9.02. The predicted molar refractivity (Wildman–Crippen MR) is 122 cm³/mol. The number of nitrogens with one attached hydrogen (secondary N) is 1. The van der Waals surface area contributed by atoms with Gasteiger partial charge in [-0.2, -0.15) is 0 Å². The van der Waals surface area contributed by atoms with Gasteiger partial charge in [0, 0.05) is 38.0 Å². The van der Waals surface area contributed by atoms with Crippen molar-refractivity contribution in [1.29, 1.82) is 0 Å². The van der Waals surface area contributed by atoms with Crippen LogP contribution in [-0.4, -0.2) is 51.7 Å². The summed E-state index contributed by atoms with van der Waals surface area (Å²) < 4.78 is 25.9. The standard InChI is InChI=1S/C21H28N4O5S/c1-4-20(21(26)22-14-9-15-23(2)17-10-6-5-7-11-17)24(31(3,29)30)18-12-8-13-19(16-18)25(27)28/h5-8,10-13,16,20H,4,9,14-15H2,1-3H3,(H,22,26)/t20-/m1/s1. The van der Waals surface area contributed by atoms with Gasteiger partial charge < -0.3 is 10.2 Å². The zero-order valence-electron chi connectivity index (χ0n) is 17.9. The van der Waals surface area contributed by atoms with Crippen molar-refractivity contribution in [2.45, 2.75) is 25.8 Å². The number of para-hydroxylation sites is 1. The van der Waals surface area contributed by atoms with E-state index in [4.69, 9.17) is 0 Å². The third-order valence-corrected chi connectivity index (χ3v) is 5.97. The van der Waals surface area contributed by atoms with E-state index in [1.807, 2.05) is 37.4 Å². The van der Waals surface area contributed by atoms with Crippen molar-refractivity contribution in [2.75, 3.05) is 35.6 Å². The Bertz CT molecular complexity index is 998. The number of anilines is 2. The molecule has 0 aliphatic heterocycles. The molecule has 0 bridgehead atoms. The fraction of sp³-hybridized carbons (Fsp3) is 0.381. The lowest BCUT2D eigenvalue weighted by atomic mass is 10.1. The lowest BCUT2D eigenvalue weighted by molar-refractivity contribution is -0.384. The monoisotopic (exact) mass is 448 g/mol. The first-order valence-electron chi connectivity index (χ1n) is 9.93. The first-order chi connectivity index (χ1) is 14.6. The van der Waals surface area contributed by atoms with Gasteiger partial charge in [0.15, 0.2) is 0 Å². The van der Waals surface area contributed by atoms with Gasteiger partial charge in [-0.1, -0.05) is 31.2 Å². The number of amides is 1. The molecule has 10 heteroatoms. The van der Waals surface area contributed by atoms with Crippen molar-refractivity contribution in [3.8, 4) is 0 Å². The number of carbonyl (C=O) groups excluding carboxylic acids is 1. The Morgan fingerprint density at radius 3 is 2.35 bits per heavy atom. The van der Waals surface area contributed by atoms with Gasteiger partial charge >= 0.3 is 0 Å². The maximum Gasteiger partial charge on any atom is 0.271 e. The van der Waals surface area contributed by atoms with Crippen molar-refractivity contribution in [2.24, 2.45) is 0 Å². The average Bonchev–Trinajstić information content (AvgIpc) is 2.74. The Labute approximate surface area is 182 Å². The summed E-state index contributed by atoms with van der Waals surface area (Å²) >= 11 is 0. The lowest BCUT2D eigenvalue weighted by Gasteiger charge is -2.30. The SMILES string of the molecule is CC[C@H](C(=O)NCCCN(C)c1ccccc1)N(c1cccc([N+](=O)[O-])c1)S(C)(=O)=O. The molecule has 1 atom stereocenters. The minimum Gasteiger partial charge on any atom is -0.375 e. The molecule has 0 radical (unpaired) electrons. The minimum atomic E-state index is -3.86. The molecule has 0 aromatic heterocycles. The van der Waals surface area contributed by atoms with Gasteiger partial charge in [0.25, 0.3) is 5.69 Å². The normalized spacial score (nSPS) is 12.1. The first kappa shape index (κ1) is 24.1. The molecule has 0 spiro atoms. The summed E-state index contributed by atoms with van der Waals surface area (Å²) in [5.74, 6) is -0.443. The average molecular weight is 449 g/mol. The Morgan fingerprint density at radius 2 is 1.77 bits per heavy atom. The maximum atomic E-state index is 12.8. The zero-order valence-corrected chi connectivity index (χ0v) is 18.7. The molecule has 0 fully saturated rings. The molecule has 9 nitrogen and oxygen atoms in total. The Kier molecular flexibility index (Phi) is 8.38. The quantitative estimate of drug-likeness (QED) is 0.321. The van der Waals surface area contributed by atoms with Crippen LogP contribution in [0.1, 0.15) is 19.8 Å². The summed E-state index contributed by atoms with van der Waals surface area (Å²) in [5.41, 5.74) is 0.905. The molecule has 2 aromatic carbocycles. The van der Waals surface area contributed by atoms with Crippen molar-refractivity contribution < 1.29 is 18.1 Å². The van der Waals surface area contributed by atoms with Gasteiger partial charge in [-0.25, -0.2) is 8.42 Å². The largest absolute Gasteiger partial charge is 0.375 e. The fourth-order valence-electron chi connectivity index (χ4n) is 3.26. The van der Waals surface area contributed by atoms with E-state index < -0.39 is 26.9 Å². The topological polar surface area (TPSA) is 113 Å². The molecule has 1 amide bonds. The highest BCUT2D eigenvalue weighted by Crippen LogP contribution is 2.26. The number of carbonyl (C=O) groups is 1. The van der Waals surface area contributed by atoms with Crippen LogP contribution in [0.3, 0.4) is 0 Å². The van der Waals surface area contributed by atoms with Crippen molar-refractivity contribution >= 4 is 33.0 Å². The number of sulfonamides is 1. The van der Waals surface area contributed by atoms with Gasteiger partial charge in [-0.3, -0.25) is 19.2 Å². The molecule has 1 N–H and O–H groups in total. The molecule has 168 valence electrons. The second-order valence-electron chi connectivity index (χ2n) is 7.16. The number of rotatable bonds is 11.